The Morgan fingerprint density at radius 1 is 0.727 bits per heavy atom. The molecule has 0 bridgehead atoms. The highest BCUT2D eigenvalue weighted by Crippen LogP contribution is 2.28. The quantitative estimate of drug-likeness (QED) is 0.734. The molecule has 1 aliphatic heterocycles. The molecule has 3 rings (SSSR count). The van der Waals surface area contributed by atoms with Crippen molar-refractivity contribution >= 4 is 11.8 Å². The molecule has 2 saturated carbocycles. The molecule has 1 unspecified atom stereocenters. The third kappa shape index (κ3) is 4.00. The lowest BCUT2D eigenvalue weighted by Crippen LogP contribution is -2.44. The molecule has 0 aromatic heterocycles. The Kier molecular flexibility index (Phi) is 5.34. The fourth-order valence-electron chi connectivity index (χ4n) is 4.10. The molecule has 5 heteroatoms. The topological polar surface area (TPSA) is 70.2 Å². The molecule has 1 heterocycles. The summed E-state index contributed by atoms with van der Waals surface area (Å²) < 4.78 is 0. The second kappa shape index (κ2) is 7.44. The number of carbonyl (C=O) groups excluding carboxylic acids is 2. The summed E-state index contributed by atoms with van der Waals surface area (Å²) in [5.41, 5.74) is 0. The molecule has 22 heavy (non-hydrogen) atoms. The van der Waals surface area contributed by atoms with E-state index in [2.05, 4.69) is 16.0 Å². The lowest BCUT2D eigenvalue weighted by Gasteiger charge is -2.29. The molecule has 1 saturated heterocycles. The average molecular weight is 307 g/mol. The molecule has 124 valence electrons. The monoisotopic (exact) mass is 307 g/mol. The van der Waals surface area contributed by atoms with E-state index in [4.69, 9.17) is 0 Å². The summed E-state index contributed by atoms with van der Waals surface area (Å²) >= 11 is 0. The van der Waals surface area contributed by atoms with Gasteiger partial charge in [0, 0.05) is 30.5 Å². The van der Waals surface area contributed by atoms with Crippen molar-refractivity contribution in [2.75, 3.05) is 13.1 Å². The third-order valence-corrected chi connectivity index (χ3v) is 5.58. The van der Waals surface area contributed by atoms with Gasteiger partial charge in [0.25, 0.3) is 0 Å². The van der Waals surface area contributed by atoms with Gasteiger partial charge in [-0.05, 0) is 51.5 Å². The molecule has 0 aromatic carbocycles. The number of rotatable bonds is 4. The Labute approximate surface area is 133 Å². The molecule has 0 spiro atoms. The van der Waals surface area contributed by atoms with Crippen molar-refractivity contribution in [1.82, 2.24) is 16.0 Å². The summed E-state index contributed by atoms with van der Waals surface area (Å²) in [6.07, 6.45) is 9.24. The first-order valence-corrected chi connectivity index (χ1v) is 9.04. The van der Waals surface area contributed by atoms with Crippen molar-refractivity contribution in [3.05, 3.63) is 0 Å². The Bertz CT molecular complexity index is 393. The number of hydrogen-bond acceptors (Lipinski definition) is 3. The van der Waals surface area contributed by atoms with E-state index in [0.29, 0.717) is 6.04 Å². The zero-order valence-corrected chi connectivity index (χ0v) is 13.4. The van der Waals surface area contributed by atoms with Crippen LogP contribution in [-0.4, -0.2) is 37.0 Å². The molecule has 0 aromatic rings. The van der Waals surface area contributed by atoms with Crippen LogP contribution in [-0.2, 0) is 9.59 Å². The van der Waals surface area contributed by atoms with Gasteiger partial charge in [-0.2, -0.15) is 0 Å². The fraction of sp³-hybridized carbons (Fsp3) is 0.882. The van der Waals surface area contributed by atoms with Crippen LogP contribution in [0, 0.1) is 11.8 Å². The van der Waals surface area contributed by atoms with Gasteiger partial charge in [-0.1, -0.05) is 12.8 Å². The molecule has 1 atom stereocenters. The van der Waals surface area contributed by atoms with Gasteiger partial charge >= 0.3 is 0 Å². The van der Waals surface area contributed by atoms with Gasteiger partial charge in [-0.15, -0.1) is 0 Å². The van der Waals surface area contributed by atoms with Crippen LogP contribution in [0.5, 0.6) is 0 Å². The molecular formula is C17H29N3O2. The summed E-state index contributed by atoms with van der Waals surface area (Å²) in [7, 11) is 0. The van der Waals surface area contributed by atoms with E-state index in [1.54, 1.807) is 0 Å². The zero-order chi connectivity index (χ0) is 15.4. The van der Waals surface area contributed by atoms with Crippen molar-refractivity contribution in [2.24, 2.45) is 11.8 Å². The van der Waals surface area contributed by atoms with Gasteiger partial charge in [-0.25, -0.2) is 0 Å². The zero-order valence-electron chi connectivity index (χ0n) is 13.4. The molecule has 2 aliphatic carbocycles. The summed E-state index contributed by atoms with van der Waals surface area (Å²) in [6, 6.07) is 0.595. The largest absolute Gasteiger partial charge is 0.353 e. The van der Waals surface area contributed by atoms with Gasteiger partial charge in [-0.3, -0.25) is 9.59 Å². The van der Waals surface area contributed by atoms with Crippen LogP contribution in [0.3, 0.4) is 0 Å². The normalized spacial score (nSPS) is 32.8. The van der Waals surface area contributed by atoms with E-state index in [9.17, 15) is 9.59 Å². The van der Waals surface area contributed by atoms with Gasteiger partial charge in [0.15, 0.2) is 0 Å². The molecule has 3 aliphatic rings. The van der Waals surface area contributed by atoms with Gasteiger partial charge in [0.2, 0.25) is 11.8 Å². The smallest absolute Gasteiger partial charge is 0.223 e. The second-order valence-electron chi connectivity index (χ2n) is 7.24. The van der Waals surface area contributed by atoms with E-state index in [0.717, 1.165) is 58.0 Å². The van der Waals surface area contributed by atoms with Crippen molar-refractivity contribution in [3.63, 3.8) is 0 Å². The minimum absolute atomic E-state index is 0.139. The predicted molar refractivity (Wildman–Crippen MR) is 85.3 cm³/mol. The minimum atomic E-state index is 0.139. The van der Waals surface area contributed by atoms with Crippen molar-refractivity contribution in [2.45, 2.75) is 69.9 Å². The summed E-state index contributed by atoms with van der Waals surface area (Å²) in [5, 5.41) is 9.65. The summed E-state index contributed by atoms with van der Waals surface area (Å²) in [6.45, 7) is 1.91. The van der Waals surface area contributed by atoms with Gasteiger partial charge in [0.05, 0.1) is 0 Å². The molecule has 0 radical (unpaired) electrons. The SMILES string of the molecule is O=C(NC1CCC(C(=O)NC2CCNC2)CC1)C1CCCC1. The Hall–Kier alpha value is -1.10. The summed E-state index contributed by atoms with van der Waals surface area (Å²) in [4.78, 5) is 24.4. The molecule has 3 fully saturated rings. The second-order valence-corrected chi connectivity index (χ2v) is 7.24. The number of nitrogens with one attached hydrogen (secondary N) is 3. The first-order valence-electron chi connectivity index (χ1n) is 9.04. The highest BCUT2D eigenvalue weighted by molar-refractivity contribution is 5.80. The minimum Gasteiger partial charge on any atom is -0.353 e. The first kappa shape index (κ1) is 15.8. The Morgan fingerprint density at radius 3 is 1.91 bits per heavy atom. The van der Waals surface area contributed by atoms with E-state index >= 15 is 0 Å². The highest BCUT2D eigenvalue weighted by Gasteiger charge is 2.30. The first-order chi connectivity index (χ1) is 10.7. The number of amides is 2. The maximum atomic E-state index is 12.3. The van der Waals surface area contributed by atoms with Gasteiger partial charge in [0.1, 0.15) is 0 Å². The fourth-order valence-corrected chi connectivity index (χ4v) is 4.10. The van der Waals surface area contributed by atoms with Crippen LogP contribution >= 0.6 is 0 Å². The van der Waals surface area contributed by atoms with Crippen molar-refractivity contribution < 1.29 is 9.59 Å². The van der Waals surface area contributed by atoms with E-state index < -0.39 is 0 Å². The highest BCUT2D eigenvalue weighted by atomic mass is 16.2. The standard InChI is InChI=1S/C17H29N3O2/c21-16(12-3-1-2-4-12)19-14-7-5-13(6-8-14)17(22)20-15-9-10-18-11-15/h12-15,18H,1-11H2,(H,19,21)(H,20,22). The predicted octanol–water partition coefficient (Wildman–Crippen LogP) is 1.33. The van der Waals surface area contributed by atoms with Crippen LogP contribution in [0.2, 0.25) is 0 Å². The number of hydrogen-bond donors (Lipinski definition) is 3. The van der Waals surface area contributed by atoms with E-state index in [1.165, 1.54) is 12.8 Å². The van der Waals surface area contributed by atoms with Crippen molar-refractivity contribution in [1.29, 1.82) is 0 Å². The number of carbonyl (C=O) groups is 2. The third-order valence-electron chi connectivity index (χ3n) is 5.58. The Morgan fingerprint density at radius 2 is 1.32 bits per heavy atom. The lowest BCUT2D eigenvalue weighted by molar-refractivity contribution is -0.127. The molecule has 3 N–H and O–H groups in total. The molecule has 2 amide bonds. The van der Waals surface area contributed by atoms with E-state index in [-0.39, 0.29) is 29.7 Å². The maximum absolute atomic E-state index is 12.3. The lowest BCUT2D eigenvalue weighted by atomic mass is 9.85. The van der Waals surface area contributed by atoms with Crippen LogP contribution in [0.15, 0.2) is 0 Å². The van der Waals surface area contributed by atoms with Crippen LogP contribution in [0.1, 0.15) is 57.8 Å². The van der Waals surface area contributed by atoms with E-state index in [1.807, 2.05) is 0 Å². The van der Waals surface area contributed by atoms with Crippen LogP contribution in [0.25, 0.3) is 0 Å². The molecule has 5 nitrogen and oxygen atoms in total. The summed E-state index contributed by atoms with van der Waals surface area (Å²) in [5.74, 6) is 0.854. The maximum Gasteiger partial charge on any atom is 0.223 e. The molecular weight excluding hydrogens is 278 g/mol. The van der Waals surface area contributed by atoms with Crippen molar-refractivity contribution in [3.8, 4) is 0 Å². The Balaban J connectivity index is 1.38. The average Bonchev–Trinajstić information content (AvgIpc) is 3.21. The van der Waals surface area contributed by atoms with Crippen LogP contribution in [0.4, 0.5) is 0 Å². The van der Waals surface area contributed by atoms with Gasteiger partial charge < -0.3 is 16.0 Å². The van der Waals surface area contributed by atoms with Crippen LogP contribution < -0.4 is 16.0 Å².